The van der Waals surface area contributed by atoms with Gasteiger partial charge in [-0.05, 0) is 18.2 Å². The Morgan fingerprint density at radius 3 is 2.23 bits per heavy atom. The highest BCUT2D eigenvalue weighted by molar-refractivity contribution is 5.41. The summed E-state index contributed by atoms with van der Waals surface area (Å²) in [6, 6.07) is 7.78. The average Bonchev–Trinajstić information content (AvgIpc) is 2.51. The Bertz CT molecular complexity index is 626. The quantitative estimate of drug-likeness (QED) is 0.890. The third-order valence-electron chi connectivity index (χ3n) is 3.04. The van der Waals surface area contributed by atoms with Crippen molar-refractivity contribution >= 4 is 0 Å². The fourth-order valence-corrected chi connectivity index (χ4v) is 1.98. The average molecular weight is 310 g/mol. The van der Waals surface area contributed by atoms with Crippen LogP contribution in [-0.2, 0) is 0 Å². The highest BCUT2D eigenvalue weighted by Gasteiger charge is 2.16. The molecule has 0 aliphatic rings. The number of hydrogen-bond acceptors (Lipinski definition) is 4. The summed E-state index contributed by atoms with van der Waals surface area (Å²) in [6.07, 6.45) is -1.05. The summed E-state index contributed by atoms with van der Waals surface area (Å²) < 4.78 is 41.6. The van der Waals surface area contributed by atoms with Crippen molar-refractivity contribution in [3.05, 3.63) is 53.6 Å². The Balaban J connectivity index is 2.13. The molecule has 2 aromatic rings. The highest BCUT2D eigenvalue weighted by Crippen LogP contribution is 2.30. The summed E-state index contributed by atoms with van der Waals surface area (Å²) in [5.41, 5.74) is 0.457. The van der Waals surface area contributed by atoms with E-state index in [4.69, 9.17) is 14.2 Å². The minimum absolute atomic E-state index is 0.00147. The lowest BCUT2D eigenvalue weighted by Gasteiger charge is -2.16. The molecular formula is C16H16F2O4. The van der Waals surface area contributed by atoms with Crippen LogP contribution >= 0.6 is 0 Å². The van der Waals surface area contributed by atoms with Gasteiger partial charge < -0.3 is 19.3 Å². The van der Waals surface area contributed by atoms with Crippen molar-refractivity contribution in [3.63, 3.8) is 0 Å². The second kappa shape index (κ2) is 7.09. The molecule has 1 unspecified atom stereocenters. The lowest BCUT2D eigenvalue weighted by Crippen LogP contribution is -2.11. The third-order valence-corrected chi connectivity index (χ3v) is 3.04. The fourth-order valence-electron chi connectivity index (χ4n) is 1.98. The van der Waals surface area contributed by atoms with Crippen LogP contribution in [0.1, 0.15) is 11.7 Å². The minimum Gasteiger partial charge on any atom is -0.497 e. The van der Waals surface area contributed by atoms with Gasteiger partial charge in [-0.2, -0.15) is 0 Å². The Labute approximate surface area is 126 Å². The third kappa shape index (κ3) is 3.85. The van der Waals surface area contributed by atoms with Gasteiger partial charge in [0.15, 0.2) is 0 Å². The van der Waals surface area contributed by atoms with E-state index >= 15 is 0 Å². The van der Waals surface area contributed by atoms with Crippen molar-refractivity contribution in [1.82, 2.24) is 0 Å². The Kier molecular flexibility index (Phi) is 5.16. The second-order valence-corrected chi connectivity index (χ2v) is 4.54. The lowest BCUT2D eigenvalue weighted by molar-refractivity contribution is 0.105. The van der Waals surface area contributed by atoms with Gasteiger partial charge in [-0.25, -0.2) is 8.78 Å². The first-order valence-electron chi connectivity index (χ1n) is 6.52. The van der Waals surface area contributed by atoms with E-state index in [1.54, 1.807) is 18.2 Å². The molecule has 0 spiro atoms. The summed E-state index contributed by atoms with van der Waals surface area (Å²) in [7, 11) is 2.98. The molecule has 1 N–H and O–H groups in total. The van der Waals surface area contributed by atoms with E-state index in [-0.39, 0.29) is 12.4 Å². The molecule has 0 saturated carbocycles. The van der Waals surface area contributed by atoms with Gasteiger partial charge in [0, 0.05) is 23.8 Å². The van der Waals surface area contributed by atoms with Crippen LogP contribution in [0.2, 0.25) is 0 Å². The summed E-state index contributed by atoms with van der Waals surface area (Å²) in [6.45, 7) is -0.188. The van der Waals surface area contributed by atoms with Crippen LogP contribution in [0.5, 0.6) is 17.2 Å². The van der Waals surface area contributed by atoms with E-state index in [9.17, 15) is 13.9 Å². The van der Waals surface area contributed by atoms with Gasteiger partial charge in [-0.1, -0.05) is 0 Å². The number of hydrogen-bond donors (Lipinski definition) is 1. The predicted octanol–water partition coefficient (Wildman–Crippen LogP) is 3.09. The van der Waals surface area contributed by atoms with Gasteiger partial charge in [-0.3, -0.25) is 0 Å². The van der Waals surface area contributed by atoms with Crippen molar-refractivity contribution in [1.29, 1.82) is 0 Å². The molecule has 4 nitrogen and oxygen atoms in total. The Morgan fingerprint density at radius 2 is 1.64 bits per heavy atom. The van der Waals surface area contributed by atoms with E-state index in [1.165, 1.54) is 14.2 Å². The molecule has 6 heteroatoms. The van der Waals surface area contributed by atoms with Crippen molar-refractivity contribution in [2.75, 3.05) is 20.8 Å². The molecule has 2 rings (SSSR count). The maximum Gasteiger partial charge on any atom is 0.129 e. The van der Waals surface area contributed by atoms with Crippen molar-refractivity contribution < 1.29 is 28.1 Å². The molecule has 1 atom stereocenters. The molecule has 0 fully saturated rings. The number of aliphatic hydroxyl groups is 1. The molecule has 0 saturated heterocycles. The zero-order chi connectivity index (χ0) is 16.1. The molecule has 0 aromatic heterocycles. The summed E-state index contributed by atoms with van der Waals surface area (Å²) >= 11 is 0. The maximum absolute atomic E-state index is 13.1. The molecule has 0 bridgehead atoms. The lowest BCUT2D eigenvalue weighted by atomic mass is 10.1. The zero-order valence-electron chi connectivity index (χ0n) is 12.2. The standard InChI is InChI=1S/C16H16F2O4/c1-20-12-3-4-16(21-2)14(8-12)15(19)9-22-13-6-10(17)5-11(18)7-13/h3-8,15,19H,9H2,1-2H3. The number of methoxy groups -OCH3 is 2. The van der Waals surface area contributed by atoms with Crippen molar-refractivity contribution in [2.45, 2.75) is 6.10 Å². The summed E-state index contributed by atoms with van der Waals surface area (Å²) in [4.78, 5) is 0. The molecule has 118 valence electrons. The number of halogens is 2. The van der Waals surface area contributed by atoms with Gasteiger partial charge >= 0.3 is 0 Å². The van der Waals surface area contributed by atoms with Crippen LogP contribution in [0, 0.1) is 11.6 Å². The normalized spacial score (nSPS) is 11.9. The molecule has 2 aromatic carbocycles. The SMILES string of the molecule is COc1ccc(OC)c(C(O)COc2cc(F)cc(F)c2)c1. The smallest absolute Gasteiger partial charge is 0.129 e. The summed E-state index contributed by atoms with van der Waals surface area (Å²) in [5.74, 6) is -0.487. The second-order valence-electron chi connectivity index (χ2n) is 4.54. The van der Waals surface area contributed by atoms with E-state index in [2.05, 4.69) is 0 Å². The van der Waals surface area contributed by atoms with Crippen LogP contribution in [0.3, 0.4) is 0 Å². The predicted molar refractivity (Wildman–Crippen MR) is 76.4 cm³/mol. The van der Waals surface area contributed by atoms with E-state index in [0.29, 0.717) is 17.1 Å². The first-order valence-corrected chi connectivity index (χ1v) is 6.52. The molecule has 0 radical (unpaired) electrons. The Hall–Kier alpha value is -2.34. The van der Waals surface area contributed by atoms with E-state index in [1.807, 2.05) is 0 Å². The Morgan fingerprint density at radius 1 is 0.955 bits per heavy atom. The number of aliphatic hydroxyl groups excluding tert-OH is 1. The molecule has 0 amide bonds. The van der Waals surface area contributed by atoms with Crippen molar-refractivity contribution in [2.24, 2.45) is 0 Å². The molecular weight excluding hydrogens is 294 g/mol. The van der Waals surface area contributed by atoms with Crippen LogP contribution in [0.25, 0.3) is 0 Å². The van der Waals surface area contributed by atoms with Crippen LogP contribution in [0.4, 0.5) is 8.78 Å². The van der Waals surface area contributed by atoms with Crippen molar-refractivity contribution in [3.8, 4) is 17.2 Å². The number of ether oxygens (including phenoxy) is 3. The highest BCUT2D eigenvalue weighted by atomic mass is 19.1. The molecule has 0 aliphatic carbocycles. The van der Waals surface area contributed by atoms with Crippen LogP contribution in [-0.4, -0.2) is 25.9 Å². The number of benzene rings is 2. The molecule has 0 heterocycles. The van der Waals surface area contributed by atoms with E-state index in [0.717, 1.165) is 18.2 Å². The fraction of sp³-hybridized carbons (Fsp3) is 0.250. The summed E-state index contributed by atoms with van der Waals surface area (Å²) in [5, 5.41) is 10.2. The van der Waals surface area contributed by atoms with Crippen LogP contribution in [0.15, 0.2) is 36.4 Å². The van der Waals surface area contributed by atoms with Gasteiger partial charge in [0.25, 0.3) is 0 Å². The van der Waals surface area contributed by atoms with Crippen LogP contribution < -0.4 is 14.2 Å². The van der Waals surface area contributed by atoms with Gasteiger partial charge in [0.1, 0.15) is 41.6 Å². The van der Waals surface area contributed by atoms with E-state index < -0.39 is 17.7 Å². The first-order chi connectivity index (χ1) is 10.5. The molecule has 0 aliphatic heterocycles. The van der Waals surface area contributed by atoms with Gasteiger partial charge in [0.2, 0.25) is 0 Å². The first kappa shape index (κ1) is 16.0. The minimum atomic E-state index is -1.05. The van der Waals surface area contributed by atoms with Gasteiger partial charge in [-0.15, -0.1) is 0 Å². The number of rotatable bonds is 6. The zero-order valence-corrected chi connectivity index (χ0v) is 12.2. The topological polar surface area (TPSA) is 47.9 Å². The maximum atomic E-state index is 13.1. The largest absolute Gasteiger partial charge is 0.497 e. The molecule has 22 heavy (non-hydrogen) atoms. The van der Waals surface area contributed by atoms with Gasteiger partial charge in [0.05, 0.1) is 14.2 Å². The monoisotopic (exact) mass is 310 g/mol.